The van der Waals surface area contributed by atoms with E-state index < -0.39 is 0 Å². The molecule has 1 aromatic heterocycles. The molecule has 2 rings (SSSR count). The van der Waals surface area contributed by atoms with Crippen molar-refractivity contribution in [3.63, 3.8) is 0 Å². The molecule has 4 nitrogen and oxygen atoms in total. The van der Waals surface area contributed by atoms with Gasteiger partial charge < -0.3 is 10.3 Å². The number of nitrogens with two attached hydrogens (primary N) is 1. The summed E-state index contributed by atoms with van der Waals surface area (Å²) in [6.07, 6.45) is 0. The number of thioether (sulfide) groups is 1. The molecule has 1 aromatic carbocycles. The lowest BCUT2D eigenvalue weighted by Gasteiger charge is -1.98. The maximum Gasteiger partial charge on any atom is 0.191 e. The number of hydrogen-bond donors (Lipinski definition) is 1. The largest absolute Gasteiger partial charge is 0.324 e. The third-order valence-corrected chi connectivity index (χ3v) is 3.29. The zero-order valence-corrected chi connectivity index (χ0v) is 10.9. The first-order chi connectivity index (χ1) is 8.81. The van der Waals surface area contributed by atoms with Gasteiger partial charge in [-0.05, 0) is 12.1 Å². The van der Waals surface area contributed by atoms with E-state index in [0.29, 0.717) is 12.3 Å². The molecular weight excluding hydrogens is 244 g/mol. The molecule has 2 aromatic rings. The van der Waals surface area contributed by atoms with Gasteiger partial charge in [-0.15, -0.1) is 10.2 Å². The summed E-state index contributed by atoms with van der Waals surface area (Å²) in [4.78, 5) is 0. The van der Waals surface area contributed by atoms with Crippen molar-refractivity contribution in [2.24, 2.45) is 12.8 Å². The van der Waals surface area contributed by atoms with Crippen LogP contribution in [0.4, 0.5) is 0 Å². The summed E-state index contributed by atoms with van der Waals surface area (Å²) in [5.41, 5.74) is 6.56. The van der Waals surface area contributed by atoms with E-state index in [0.717, 1.165) is 16.5 Å². The van der Waals surface area contributed by atoms with E-state index in [1.54, 1.807) is 11.8 Å². The maximum atomic E-state index is 5.53. The van der Waals surface area contributed by atoms with Crippen LogP contribution >= 0.6 is 11.8 Å². The van der Waals surface area contributed by atoms with E-state index in [4.69, 9.17) is 5.73 Å². The Kier molecular flexibility index (Phi) is 4.40. The lowest BCUT2D eigenvalue weighted by atomic mass is 10.2. The zero-order chi connectivity index (χ0) is 12.8. The fourth-order valence-electron chi connectivity index (χ4n) is 1.41. The van der Waals surface area contributed by atoms with Crippen molar-refractivity contribution in [3.05, 3.63) is 41.7 Å². The molecule has 0 aliphatic carbocycles. The number of benzene rings is 1. The van der Waals surface area contributed by atoms with E-state index in [9.17, 15) is 0 Å². The smallest absolute Gasteiger partial charge is 0.191 e. The predicted octanol–water partition coefficient (Wildman–Crippen LogP) is 1.42. The Morgan fingerprint density at radius 3 is 2.72 bits per heavy atom. The molecule has 0 saturated heterocycles. The van der Waals surface area contributed by atoms with Crippen LogP contribution in [-0.2, 0) is 13.6 Å². The number of aromatic nitrogens is 3. The van der Waals surface area contributed by atoms with Crippen LogP contribution in [0.25, 0.3) is 0 Å². The zero-order valence-electron chi connectivity index (χ0n) is 10.1. The Labute approximate surface area is 111 Å². The summed E-state index contributed by atoms with van der Waals surface area (Å²) in [7, 11) is 1.91. The van der Waals surface area contributed by atoms with E-state index >= 15 is 0 Å². The Hall–Kier alpha value is -1.77. The molecule has 0 bridgehead atoms. The summed E-state index contributed by atoms with van der Waals surface area (Å²) >= 11 is 1.56. The minimum atomic E-state index is 0.403. The van der Waals surface area contributed by atoms with E-state index in [2.05, 4.69) is 22.0 Å². The van der Waals surface area contributed by atoms with Crippen molar-refractivity contribution in [2.45, 2.75) is 11.7 Å². The number of hydrogen-bond acceptors (Lipinski definition) is 4. The summed E-state index contributed by atoms with van der Waals surface area (Å²) in [6, 6.07) is 9.92. The first-order valence-corrected chi connectivity index (χ1v) is 6.55. The maximum absolute atomic E-state index is 5.53. The lowest BCUT2D eigenvalue weighted by Crippen LogP contribution is -2.05. The summed E-state index contributed by atoms with van der Waals surface area (Å²) in [5.74, 6) is 7.68. The minimum absolute atomic E-state index is 0.403. The molecule has 18 heavy (non-hydrogen) atoms. The molecule has 0 radical (unpaired) electrons. The fraction of sp³-hybridized carbons (Fsp3) is 0.231. The Balaban J connectivity index is 1.93. The average molecular weight is 258 g/mol. The standard InChI is InChI=1S/C13H14N4S/c1-17-12(10-14)15-16-13(17)18-9-5-8-11-6-3-2-4-7-11/h2-4,6-7H,9-10,14H2,1H3. The van der Waals surface area contributed by atoms with Crippen LogP contribution in [0.15, 0.2) is 35.5 Å². The lowest BCUT2D eigenvalue weighted by molar-refractivity contribution is 0.735. The van der Waals surface area contributed by atoms with Gasteiger partial charge in [0, 0.05) is 12.6 Å². The highest BCUT2D eigenvalue weighted by atomic mass is 32.2. The first kappa shape index (κ1) is 12.7. The van der Waals surface area contributed by atoms with Crippen LogP contribution in [0.1, 0.15) is 11.4 Å². The Morgan fingerprint density at radius 1 is 1.28 bits per heavy atom. The highest BCUT2D eigenvalue weighted by molar-refractivity contribution is 7.99. The second-order valence-electron chi connectivity index (χ2n) is 3.62. The van der Waals surface area contributed by atoms with Gasteiger partial charge in [0.15, 0.2) is 5.16 Å². The monoisotopic (exact) mass is 258 g/mol. The minimum Gasteiger partial charge on any atom is -0.324 e. The topological polar surface area (TPSA) is 56.7 Å². The van der Waals surface area contributed by atoms with Gasteiger partial charge >= 0.3 is 0 Å². The molecule has 2 N–H and O–H groups in total. The van der Waals surface area contributed by atoms with Crippen molar-refractivity contribution in [2.75, 3.05) is 5.75 Å². The quantitative estimate of drug-likeness (QED) is 0.668. The average Bonchev–Trinajstić information content (AvgIpc) is 2.77. The third kappa shape index (κ3) is 3.13. The van der Waals surface area contributed by atoms with Gasteiger partial charge in [-0.3, -0.25) is 0 Å². The van der Waals surface area contributed by atoms with Crippen LogP contribution in [0.2, 0.25) is 0 Å². The molecule has 1 heterocycles. The molecule has 92 valence electrons. The van der Waals surface area contributed by atoms with Crippen LogP contribution in [0.5, 0.6) is 0 Å². The summed E-state index contributed by atoms with van der Waals surface area (Å²) in [6.45, 7) is 0.403. The summed E-state index contributed by atoms with van der Waals surface area (Å²) in [5, 5.41) is 8.89. The van der Waals surface area contributed by atoms with Crippen molar-refractivity contribution < 1.29 is 0 Å². The van der Waals surface area contributed by atoms with E-state index in [1.165, 1.54) is 0 Å². The molecule has 0 atom stereocenters. The van der Waals surface area contributed by atoms with E-state index in [1.807, 2.05) is 41.9 Å². The molecule has 0 unspecified atom stereocenters. The van der Waals surface area contributed by atoms with Crippen molar-refractivity contribution in [1.82, 2.24) is 14.8 Å². The Morgan fingerprint density at radius 2 is 2.06 bits per heavy atom. The fourth-order valence-corrected chi connectivity index (χ4v) is 2.08. The molecule has 0 amide bonds. The predicted molar refractivity (Wildman–Crippen MR) is 72.9 cm³/mol. The van der Waals surface area contributed by atoms with Gasteiger partial charge in [0.2, 0.25) is 0 Å². The highest BCUT2D eigenvalue weighted by Crippen LogP contribution is 2.14. The molecule has 0 aliphatic heterocycles. The van der Waals surface area contributed by atoms with Gasteiger partial charge in [0.25, 0.3) is 0 Å². The molecular formula is C13H14N4S. The van der Waals surface area contributed by atoms with Crippen molar-refractivity contribution in [3.8, 4) is 11.8 Å². The number of rotatable bonds is 3. The van der Waals surface area contributed by atoms with Crippen molar-refractivity contribution in [1.29, 1.82) is 0 Å². The van der Waals surface area contributed by atoms with Crippen LogP contribution in [-0.4, -0.2) is 20.5 Å². The van der Waals surface area contributed by atoms with E-state index in [-0.39, 0.29) is 0 Å². The number of nitrogens with zero attached hydrogens (tertiary/aromatic N) is 3. The van der Waals surface area contributed by atoms with Gasteiger partial charge in [-0.2, -0.15) is 0 Å². The van der Waals surface area contributed by atoms with Gasteiger partial charge in [-0.1, -0.05) is 41.8 Å². The Bertz CT molecular complexity index is 566. The van der Waals surface area contributed by atoms with Crippen LogP contribution in [0, 0.1) is 11.8 Å². The molecule has 5 heteroatoms. The van der Waals surface area contributed by atoms with Crippen molar-refractivity contribution >= 4 is 11.8 Å². The first-order valence-electron chi connectivity index (χ1n) is 5.56. The van der Waals surface area contributed by atoms with Gasteiger partial charge in [0.05, 0.1) is 12.3 Å². The molecule has 0 spiro atoms. The van der Waals surface area contributed by atoms with Gasteiger partial charge in [0.1, 0.15) is 5.82 Å². The normalized spacial score (nSPS) is 9.89. The summed E-state index contributed by atoms with van der Waals surface area (Å²) < 4.78 is 1.90. The second kappa shape index (κ2) is 6.24. The van der Waals surface area contributed by atoms with Crippen LogP contribution in [0.3, 0.4) is 0 Å². The van der Waals surface area contributed by atoms with Crippen LogP contribution < -0.4 is 5.73 Å². The third-order valence-electron chi connectivity index (χ3n) is 2.39. The molecule has 0 saturated carbocycles. The SMILES string of the molecule is Cn1c(CN)nnc1SCC#Cc1ccccc1. The molecule has 0 aliphatic rings. The second-order valence-corrected chi connectivity index (χ2v) is 4.56. The molecule has 0 fully saturated rings. The van der Waals surface area contributed by atoms with Gasteiger partial charge in [-0.25, -0.2) is 0 Å². The highest BCUT2D eigenvalue weighted by Gasteiger charge is 2.05.